The van der Waals surface area contributed by atoms with Crippen LogP contribution >= 0.6 is 0 Å². The number of hydrogen-bond acceptors (Lipinski definition) is 5. The van der Waals surface area contributed by atoms with E-state index < -0.39 is 15.9 Å². The molecule has 0 aliphatic carbocycles. The Kier molecular flexibility index (Phi) is 5.76. The summed E-state index contributed by atoms with van der Waals surface area (Å²) in [5, 5.41) is 2.47. The molecule has 0 bridgehead atoms. The minimum atomic E-state index is -3.84. The number of benzene rings is 2. The van der Waals surface area contributed by atoms with E-state index in [1.54, 1.807) is 23.3 Å². The van der Waals surface area contributed by atoms with Crippen LogP contribution < -0.4 is 14.8 Å². The first-order valence-corrected chi connectivity index (χ1v) is 9.90. The summed E-state index contributed by atoms with van der Waals surface area (Å²) >= 11 is 0. The maximum Gasteiger partial charge on any atom is 0.254 e. The fourth-order valence-corrected chi connectivity index (χ4v) is 3.77. The Morgan fingerprint density at radius 3 is 2.68 bits per heavy atom. The lowest BCUT2D eigenvalue weighted by Gasteiger charge is -2.13. The first-order valence-electron chi connectivity index (χ1n) is 8.42. The highest BCUT2D eigenvalue weighted by Crippen LogP contribution is 2.23. The zero-order valence-corrected chi connectivity index (χ0v) is 16.2. The van der Waals surface area contributed by atoms with E-state index in [1.165, 1.54) is 32.4 Å². The second-order valence-electron chi connectivity index (χ2n) is 5.86. The van der Waals surface area contributed by atoms with E-state index in [0.29, 0.717) is 5.75 Å². The number of hydrogen-bond donors (Lipinski definition) is 2. The molecule has 1 aromatic heterocycles. The molecule has 2 aromatic carbocycles. The van der Waals surface area contributed by atoms with E-state index in [4.69, 9.17) is 4.74 Å². The number of rotatable bonds is 7. The zero-order chi connectivity index (χ0) is 20.1. The van der Waals surface area contributed by atoms with Crippen LogP contribution in [-0.4, -0.2) is 38.0 Å². The van der Waals surface area contributed by atoms with Crippen molar-refractivity contribution in [2.45, 2.75) is 11.4 Å². The van der Waals surface area contributed by atoms with Crippen LogP contribution in [0.3, 0.4) is 0 Å². The molecule has 8 nitrogen and oxygen atoms in total. The maximum absolute atomic E-state index is 12.8. The lowest BCUT2D eigenvalue weighted by molar-refractivity contribution is 0.0960. The summed E-state index contributed by atoms with van der Waals surface area (Å²) < 4.78 is 35.1. The van der Waals surface area contributed by atoms with Crippen molar-refractivity contribution in [3.05, 3.63) is 72.3 Å². The predicted molar refractivity (Wildman–Crippen MR) is 104 cm³/mol. The fourth-order valence-electron chi connectivity index (χ4n) is 2.74. The number of carbonyl (C=O) groups is 1. The SMILES string of the molecule is CNC(=O)c1cc(S(=O)(=O)NCc2ccccc2-n2ccnc2)ccc1OC. The van der Waals surface area contributed by atoms with Gasteiger partial charge in [-0.1, -0.05) is 18.2 Å². The average molecular weight is 400 g/mol. The lowest BCUT2D eigenvalue weighted by atomic mass is 10.2. The van der Waals surface area contributed by atoms with Gasteiger partial charge in [-0.15, -0.1) is 0 Å². The highest BCUT2D eigenvalue weighted by Gasteiger charge is 2.19. The molecule has 0 saturated carbocycles. The van der Waals surface area contributed by atoms with Gasteiger partial charge in [-0.05, 0) is 29.8 Å². The van der Waals surface area contributed by atoms with Crippen LogP contribution in [0.2, 0.25) is 0 Å². The van der Waals surface area contributed by atoms with Crippen LogP contribution in [0.4, 0.5) is 0 Å². The Bertz CT molecular complexity index is 1080. The van der Waals surface area contributed by atoms with Crippen LogP contribution in [0, 0.1) is 0 Å². The zero-order valence-electron chi connectivity index (χ0n) is 15.4. The van der Waals surface area contributed by atoms with Crippen molar-refractivity contribution in [3.8, 4) is 11.4 Å². The van der Waals surface area contributed by atoms with Gasteiger partial charge in [0, 0.05) is 26.0 Å². The number of para-hydroxylation sites is 1. The van der Waals surface area contributed by atoms with Gasteiger partial charge in [0.2, 0.25) is 10.0 Å². The Hall–Kier alpha value is -3.17. The van der Waals surface area contributed by atoms with E-state index in [9.17, 15) is 13.2 Å². The Balaban J connectivity index is 1.87. The second-order valence-corrected chi connectivity index (χ2v) is 7.63. The van der Waals surface area contributed by atoms with Gasteiger partial charge in [-0.2, -0.15) is 0 Å². The standard InChI is InChI=1S/C19H20N4O4S/c1-20-19(24)16-11-15(7-8-18(16)27-2)28(25,26)22-12-14-5-3-4-6-17(14)23-10-9-21-13-23/h3-11,13,22H,12H2,1-2H3,(H,20,24). The number of sulfonamides is 1. The molecule has 28 heavy (non-hydrogen) atoms. The molecule has 3 aromatic rings. The summed E-state index contributed by atoms with van der Waals surface area (Å²) in [4.78, 5) is 16.0. The summed E-state index contributed by atoms with van der Waals surface area (Å²) in [5.74, 6) is -0.136. The topological polar surface area (TPSA) is 102 Å². The predicted octanol–water partition coefficient (Wildman–Crippen LogP) is 1.72. The lowest BCUT2D eigenvalue weighted by Crippen LogP contribution is -2.25. The molecule has 3 rings (SSSR count). The fraction of sp³-hybridized carbons (Fsp3) is 0.158. The van der Waals surface area contributed by atoms with E-state index in [2.05, 4.69) is 15.0 Å². The van der Waals surface area contributed by atoms with E-state index >= 15 is 0 Å². The van der Waals surface area contributed by atoms with E-state index in [0.717, 1.165) is 11.3 Å². The first kappa shape index (κ1) is 19.6. The normalized spacial score (nSPS) is 11.2. The molecule has 0 saturated heterocycles. The number of nitrogens with zero attached hydrogens (tertiary/aromatic N) is 2. The molecule has 2 N–H and O–H groups in total. The van der Waals surface area contributed by atoms with Crippen molar-refractivity contribution >= 4 is 15.9 Å². The molecule has 0 unspecified atom stereocenters. The number of amides is 1. The molecule has 0 aliphatic rings. The van der Waals surface area contributed by atoms with Crippen LogP contribution in [0.25, 0.3) is 5.69 Å². The number of aromatic nitrogens is 2. The van der Waals surface area contributed by atoms with E-state index in [1.807, 2.05) is 24.3 Å². The number of ether oxygens (including phenoxy) is 1. The number of imidazole rings is 1. The highest BCUT2D eigenvalue weighted by molar-refractivity contribution is 7.89. The van der Waals surface area contributed by atoms with Crippen LogP contribution in [-0.2, 0) is 16.6 Å². The highest BCUT2D eigenvalue weighted by atomic mass is 32.2. The minimum absolute atomic E-state index is 0.0213. The second kappa shape index (κ2) is 8.24. The molecule has 0 spiro atoms. The average Bonchev–Trinajstić information content (AvgIpc) is 3.26. The molecular formula is C19H20N4O4S. The smallest absolute Gasteiger partial charge is 0.254 e. The van der Waals surface area contributed by atoms with Crippen molar-refractivity contribution in [2.75, 3.05) is 14.2 Å². The summed E-state index contributed by atoms with van der Waals surface area (Å²) in [6, 6.07) is 11.6. The summed E-state index contributed by atoms with van der Waals surface area (Å²) in [5.41, 5.74) is 1.75. The molecule has 9 heteroatoms. The maximum atomic E-state index is 12.8. The molecule has 146 valence electrons. The molecule has 0 fully saturated rings. The summed E-state index contributed by atoms with van der Waals surface area (Å²) in [6.45, 7) is 0.0814. The molecule has 1 heterocycles. The Morgan fingerprint density at radius 2 is 2.00 bits per heavy atom. The molecule has 1 amide bonds. The molecule has 0 aliphatic heterocycles. The quantitative estimate of drug-likeness (QED) is 0.629. The third kappa shape index (κ3) is 4.05. The monoisotopic (exact) mass is 400 g/mol. The van der Waals surface area contributed by atoms with Gasteiger partial charge < -0.3 is 14.6 Å². The van der Waals surface area contributed by atoms with Crippen molar-refractivity contribution in [3.63, 3.8) is 0 Å². The van der Waals surface area contributed by atoms with Crippen molar-refractivity contribution in [1.29, 1.82) is 0 Å². The number of nitrogens with one attached hydrogen (secondary N) is 2. The van der Waals surface area contributed by atoms with Gasteiger partial charge in [0.25, 0.3) is 5.91 Å². The Labute approximate surface area is 163 Å². The van der Waals surface area contributed by atoms with Gasteiger partial charge in [-0.3, -0.25) is 4.79 Å². The first-order chi connectivity index (χ1) is 13.5. The van der Waals surface area contributed by atoms with Crippen LogP contribution in [0.1, 0.15) is 15.9 Å². The molecular weight excluding hydrogens is 380 g/mol. The van der Waals surface area contributed by atoms with Crippen molar-refractivity contribution < 1.29 is 17.9 Å². The van der Waals surface area contributed by atoms with Crippen LogP contribution in [0.5, 0.6) is 5.75 Å². The third-order valence-corrected chi connectivity index (χ3v) is 5.58. The number of methoxy groups -OCH3 is 1. The minimum Gasteiger partial charge on any atom is -0.496 e. The molecule has 0 atom stereocenters. The summed E-state index contributed by atoms with van der Waals surface area (Å²) in [7, 11) is -0.959. The van der Waals surface area contributed by atoms with Crippen molar-refractivity contribution in [2.24, 2.45) is 0 Å². The van der Waals surface area contributed by atoms with Crippen LogP contribution in [0.15, 0.2) is 66.1 Å². The van der Waals surface area contributed by atoms with Gasteiger partial charge in [0.05, 0.1) is 29.6 Å². The van der Waals surface area contributed by atoms with Gasteiger partial charge in [0.15, 0.2) is 0 Å². The largest absolute Gasteiger partial charge is 0.496 e. The van der Waals surface area contributed by atoms with Gasteiger partial charge >= 0.3 is 0 Å². The van der Waals surface area contributed by atoms with E-state index in [-0.39, 0.29) is 17.0 Å². The van der Waals surface area contributed by atoms with Gasteiger partial charge in [0.1, 0.15) is 5.75 Å². The number of carbonyl (C=O) groups excluding carboxylic acids is 1. The van der Waals surface area contributed by atoms with Gasteiger partial charge in [-0.25, -0.2) is 18.1 Å². The van der Waals surface area contributed by atoms with Crippen molar-refractivity contribution in [1.82, 2.24) is 19.6 Å². The Morgan fingerprint density at radius 1 is 1.21 bits per heavy atom. The summed E-state index contributed by atoms with van der Waals surface area (Å²) in [6.07, 6.45) is 5.08. The molecule has 0 radical (unpaired) electrons. The third-order valence-electron chi connectivity index (χ3n) is 4.18.